The molecule has 3 aliphatic rings. The van der Waals surface area contributed by atoms with Crippen LogP contribution in [-0.4, -0.2) is 69.5 Å². The van der Waals surface area contributed by atoms with E-state index in [1.54, 1.807) is 22.6 Å². The fraction of sp³-hybridized carbons (Fsp3) is 0.684. The first-order valence-corrected chi connectivity index (χ1v) is 10.0. The maximum atomic E-state index is 12.9. The van der Waals surface area contributed by atoms with Crippen molar-refractivity contribution in [1.82, 2.24) is 24.7 Å². The first-order valence-electron chi connectivity index (χ1n) is 10.0. The van der Waals surface area contributed by atoms with Crippen LogP contribution in [0.15, 0.2) is 6.20 Å². The highest BCUT2D eigenvalue weighted by Gasteiger charge is 2.36. The minimum absolute atomic E-state index is 0.00242. The lowest BCUT2D eigenvalue weighted by Crippen LogP contribution is -2.44. The Balaban J connectivity index is 1.33. The minimum Gasteiger partial charge on any atom is -0.457 e. The number of hydrogen-bond donors (Lipinski definition) is 1. The van der Waals surface area contributed by atoms with Gasteiger partial charge >= 0.3 is 12.0 Å². The SMILES string of the molecule is CC(=O)N1CCC(C(=O)OCc2ncc3n2C(=O)N(C2CCNCC2)C3)CC1. The second-order valence-electron chi connectivity index (χ2n) is 7.78. The van der Waals surface area contributed by atoms with Crippen LogP contribution in [0.2, 0.25) is 0 Å². The van der Waals surface area contributed by atoms with E-state index in [2.05, 4.69) is 10.3 Å². The van der Waals surface area contributed by atoms with Crippen LogP contribution in [0.1, 0.15) is 44.1 Å². The molecule has 28 heavy (non-hydrogen) atoms. The number of carbonyl (C=O) groups is 3. The maximum Gasteiger partial charge on any atom is 0.330 e. The van der Waals surface area contributed by atoms with E-state index < -0.39 is 0 Å². The smallest absolute Gasteiger partial charge is 0.330 e. The first-order chi connectivity index (χ1) is 13.5. The molecular formula is C19H27N5O4. The van der Waals surface area contributed by atoms with Crippen molar-refractivity contribution in [2.75, 3.05) is 26.2 Å². The third-order valence-electron chi connectivity index (χ3n) is 6.04. The van der Waals surface area contributed by atoms with Gasteiger partial charge < -0.3 is 19.9 Å². The van der Waals surface area contributed by atoms with Crippen LogP contribution in [0, 0.1) is 5.92 Å². The van der Waals surface area contributed by atoms with Crippen LogP contribution < -0.4 is 5.32 Å². The molecule has 2 saturated heterocycles. The Morgan fingerprint density at radius 1 is 1.21 bits per heavy atom. The van der Waals surface area contributed by atoms with Crippen LogP contribution in [0.25, 0.3) is 0 Å². The monoisotopic (exact) mass is 389 g/mol. The summed E-state index contributed by atoms with van der Waals surface area (Å²) >= 11 is 0. The molecule has 1 aromatic heterocycles. The molecule has 0 spiro atoms. The van der Waals surface area contributed by atoms with E-state index in [4.69, 9.17) is 4.74 Å². The summed E-state index contributed by atoms with van der Waals surface area (Å²) in [4.78, 5) is 44.6. The molecule has 2 amide bonds. The zero-order chi connectivity index (χ0) is 19.7. The molecule has 1 aromatic rings. The summed E-state index contributed by atoms with van der Waals surface area (Å²) in [6.07, 6.45) is 4.83. The van der Waals surface area contributed by atoms with Crippen molar-refractivity contribution in [2.24, 2.45) is 5.92 Å². The molecule has 0 radical (unpaired) electrons. The second-order valence-corrected chi connectivity index (χ2v) is 7.78. The number of carbonyl (C=O) groups excluding carboxylic acids is 3. The number of piperidine rings is 2. The Labute approximate surface area is 164 Å². The van der Waals surface area contributed by atoms with E-state index >= 15 is 0 Å². The Bertz CT molecular complexity index is 762. The Hall–Kier alpha value is -2.42. The van der Waals surface area contributed by atoms with Gasteiger partial charge in [0, 0.05) is 26.1 Å². The van der Waals surface area contributed by atoms with Gasteiger partial charge in [0.1, 0.15) is 6.61 Å². The van der Waals surface area contributed by atoms with Gasteiger partial charge in [-0.3, -0.25) is 9.59 Å². The van der Waals surface area contributed by atoms with Crippen molar-refractivity contribution in [2.45, 2.75) is 51.8 Å². The van der Waals surface area contributed by atoms with Crippen LogP contribution in [0.3, 0.4) is 0 Å². The molecule has 0 aliphatic carbocycles. The summed E-state index contributed by atoms with van der Waals surface area (Å²) in [7, 11) is 0. The predicted molar refractivity (Wildman–Crippen MR) is 99.2 cm³/mol. The predicted octanol–water partition coefficient (Wildman–Crippen LogP) is 0.721. The zero-order valence-electron chi connectivity index (χ0n) is 16.2. The lowest BCUT2D eigenvalue weighted by Gasteiger charge is -2.31. The Morgan fingerprint density at radius 3 is 2.61 bits per heavy atom. The number of rotatable bonds is 4. The number of aromatic nitrogens is 2. The molecule has 0 aromatic carbocycles. The number of likely N-dealkylation sites (tertiary alicyclic amines) is 1. The van der Waals surface area contributed by atoms with E-state index in [0.717, 1.165) is 31.6 Å². The van der Waals surface area contributed by atoms with Gasteiger partial charge in [-0.25, -0.2) is 14.3 Å². The lowest BCUT2D eigenvalue weighted by atomic mass is 9.97. The average molecular weight is 389 g/mol. The van der Waals surface area contributed by atoms with Gasteiger partial charge in [0.25, 0.3) is 0 Å². The third-order valence-corrected chi connectivity index (χ3v) is 6.04. The van der Waals surface area contributed by atoms with Crippen molar-refractivity contribution in [3.63, 3.8) is 0 Å². The number of nitrogens with one attached hydrogen (secondary N) is 1. The lowest BCUT2D eigenvalue weighted by molar-refractivity contribution is -0.153. The number of imidazole rings is 1. The van der Waals surface area contributed by atoms with Crippen molar-refractivity contribution in [1.29, 1.82) is 0 Å². The van der Waals surface area contributed by atoms with E-state index in [1.807, 2.05) is 4.90 Å². The van der Waals surface area contributed by atoms with E-state index in [9.17, 15) is 14.4 Å². The molecule has 0 saturated carbocycles. The summed E-state index contributed by atoms with van der Waals surface area (Å²) in [5.74, 6) is 0.0364. The van der Waals surface area contributed by atoms with Crippen molar-refractivity contribution in [3.05, 3.63) is 17.7 Å². The molecule has 0 atom stereocenters. The van der Waals surface area contributed by atoms with Gasteiger partial charge in [0.15, 0.2) is 5.82 Å². The fourth-order valence-electron chi connectivity index (χ4n) is 4.33. The van der Waals surface area contributed by atoms with Crippen LogP contribution in [-0.2, 0) is 27.5 Å². The normalized spacial score (nSPS) is 21.1. The molecule has 4 heterocycles. The number of esters is 1. The Morgan fingerprint density at radius 2 is 1.93 bits per heavy atom. The standard InChI is InChI=1S/C19H27N5O4/c1-13(25)22-8-4-14(5-9-22)18(26)28-12-17-21-10-16-11-23(19(27)24(16)17)15-2-6-20-7-3-15/h10,14-15,20H,2-9,11-12H2,1H3. The molecule has 152 valence electrons. The van der Waals surface area contributed by atoms with Crippen LogP contribution >= 0.6 is 0 Å². The molecule has 1 N–H and O–H groups in total. The fourth-order valence-corrected chi connectivity index (χ4v) is 4.33. The topological polar surface area (TPSA) is 96.8 Å². The van der Waals surface area contributed by atoms with Gasteiger partial charge in [-0.05, 0) is 38.8 Å². The van der Waals surface area contributed by atoms with Crippen LogP contribution in [0.5, 0.6) is 0 Å². The van der Waals surface area contributed by atoms with Crippen molar-refractivity contribution in [3.8, 4) is 0 Å². The van der Waals surface area contributed by atoms with Gasteiger partial charge in [0.05, 0.1) is 24.4 Å². The number of amides is 2. The summed E-state index contributed by atoms with van der Waals surface area (Å²) in [5, 5.41) is 3.32. The number of fused-ring (bicyclic) bond motifs is 1. The average Bonchev–Trinajstić information content (AvgIpc) is 3.27. The molecule has 9 nitrogen and oxygen atoms in total. The van der Waals surface area contributed by atoms with Gasteiger partial charge in [0.2, 0.25) is 5.91 Å². The maximum absolute atomic E-state index is 12.9. The highest BCUT2D eigenvalue weighted by atomic mass is 16.5. The molecule has 9 heteroatoms. The summed E-state index contributed by atoms with van der Waals surface area (Å²) in [5.41, 5.74) is 0.851. The van der Waals surface area contributed by atoms with Crippen molar-refractivity contribution < 1.29 is 19.1 Å². The molecule has 3 aliphatic heterocycles. The summed E-state index contributed by atoms with van der Waals surface area (Å²) in [6.45, 7) is 5.12. The molecular weight excluding hydrogens is 362 g/mol. The second kappa shape index (κ2) is 7.90. The molecule has 0 bridgehead atoms. The van der Waals surface area contributed by atoms with Crippen molar-refractivity contribution >= 4 is 17.9 Å². The van der Waals surface area contributed by atoms with Gasteiger partial charge in [-0.15, -0.1) is 0 Å². The quantitative estimate of drug-likeness (QED) is 0.763. The van der Waals surface area contributed by atoms with Gasteiger partial charge in [-0.2, -0.15) is 0 Å². The van der Waals surface area contributed by atoms with E-state index in [1.165, 1.54) is 0 Å². The third kappa shape index (κ3) is 3.63. The van der Waals surface area contributed by atoms with E-state index in [-0.39, 0.29) is 36.5 Å². The number of ether oxygens (including phenoxy) is 1. The molecule has 0 unspecified atom stereocenters. The van der Waals surface area contributed by atoms with Gasteiger partial charge in [-0.1, -0.05) is 0 Å². The minimum atomic E-state index is -0.277. The molecule has 4 rings (SSSR count). The van der Waals surface area contributed by atoms with E-state index in [0.29, 0.717) is 38.3 Å². The zero-order valence-corrected chi connectivity index (χ0v) is 16.2. The summed E-state index contributed by atoms with van der Waals surface area (Å²) < 4.78 is 7.06. The Kier molecular flexibility index (Phi) is 5.34. The van der Waals surface area contributed by atoms with Crippen LogP contribution in [0.4, 0.5) is 4.79 Å². The number of hydrogen-bond acceptors (Lipinski definition) is 6. The summed E-state index contributed by atoms with van der Waals surface area (Å²) in [6, 6.07) is 0.177. The first kappa shape index (κ1) is 18.9. The largest absolute Gasteiger partial charge is 0.457 e. The number of nitrogens with zero attached hydrogens (tertiary/aromatic N) is 4. The highest BCUT2D eigenvalue weighted by Crippen LogP contribution is 2.25. The molecule has 2 fully saturated rings. The highest BCUT2D eigenvalue weighted by molar-refractivity contribution is 5.81.